The Kier molecular flexibility index (Phi) is 6.53. The van der Waals surface area contributed by atoms with Crippen LogP contribution in [0.25, 0.3) is 5.57 Å². The summed E-state index contributed by atoms with van der Waals surface area (Å²) in [5.41, 5.74) is 5.44. The van der Waals surface area contributed by atoms with Crippen LogP contribution in [0.5, 0.6) is 0 Å². The standard InChI is InChI=1S/C26H30N4O3/c31-25(18-29-11-13-33-14-12-29)24-15-20(9-10-27-24)19-5-7-23(8-6-19)28-26(32)30-16-21-3-1-2-4-22(21)17-30/h1-9,24,27H,10-18H2,(H,28,32). The molecule has 0 spiro atoms. The Morgan fingerprint density at radius 2 is 1.70 bits per heavy atom. The van der Waals surface area contributed by atoms with Crippen molar-refractivity contribution in [3.63, 3.8) is 0 Å². The molecule has 2 aromatic rings. The predicted octanol–water partition coefficient (Wildman–Crippen LogP) is 2.88. The summed E-state index contributed by atoms with van der Waals surface area (Å²) >= 11 is 0. The van der Waals surface area contributed by atoms with Crippen LogP contribution >= 0.6 is 0 Å². The van der Waals surface area contributed by atoms with E-state index >= 15 is 0 Å². The summed E-state index contributed by atoms with van der Waals surface area (Å²) < 4.78 is 5.37. The molecule has 0 aliphatic carbocycles. The van der Waals surface area contributed by atoms with Gasteiger partial charge in [0, 0.05) is 38.4 Å². The minimum Gasteiger partial charge on any atom is -0.379 e. The zero-order chi connectivity index (χ0) is 22.6. The first kappa shape index (κ1) is 21.8. The molecule has 2 aromatic carbocycles. The Hall–Kier alpha value is -3.00. The van der Waals surface area contributed by atoms with Crippen molar-refractivity contribution < 1.29 is 14.3 Å². The minimum absolute atomic E-state index is 0.0891. The summed E-state index contributed by atoms with van der Waals surface area (Å²) in [7, 11) is 0. The van der Waals surface area contributed by atoms with E-state index in [1.54, 1.807) is 0 Å². The number of nitrogens with one attached hydrogen (secondary N) is 2. The number of amides is 2. The van der Waals surface area contributed by atoms with Crippen LogP contribution in [-0.2, 0) is 22.6 Å². The monoisotopic (exact) mass is 446 g/mol. The molecule has 1 fully saturated rings. The van der Waals surface area contributed by atoms with Gasteiger partial charge in [-0.15, -0.1) is 0 Å². The number of Topliss-reactive ketones (excluding diaryl/α,β-unsaturated/α-hetero) is 1. The van der Waals surface area contributed by atoms with Gasteiger partial charge in [0.1, 0.15) is 0 Å². The highest BCUT2D eigenvalue weighted by molar-refractivity contribution is 5.90. The van der Waals surface area contributed by atoms with E-state index in [0.717, 1.165) is 24.3 Å². The van der Waals surface area contributed by atoms with Crippen LogP contribution in [0.4, 0.5) is 10.5 Å². The number of urea groups is 1. The fourth-order valence-corrected chi connectivity index (χ4v) is 4.70. The molecule has 3 aliphatic rings. The number of morpholine rings is 1. The van der Waals surface area contributed by atoms with E-state index in [0.29, 0.717) is 45.8 Å². The molecule has 0 bridgehead atoms. The van der Waals surface area contributed by atoms with Gasteiger partial charge in [-0.3, -0.25) is 9.69 Å². The summed E-state index contributed by atoms with van der Waals surface area (Å²) in [6.45, 7) is 5.46. The molecule has 0 aromatic heterocycles. The first-order chi connectivity index (χ1) is 16.2. The highest BCUT2D eigenvalue weighted by atomic mass is 16.5. The molecule has 3 heterocycles. The molecule has 1 atom stereocenters. The third-order valence-electron chi connectivity index (χ3n) is 6.64. The summed E-state index contributed by atoms with van der Waals surface area (Å²) in [6, 6.07) is 15.8. The lowest BCUT2D eigenvalue weighted by atomic mass is 9.93. The third kappa shape index (κ3) is 5.16. The lowest BCUT2D eigenvalue weighted by Gasteiger charge is -2.29. The summed E-state index contributed by atoms with van der Waals surface area (Å²) in [5.74, 6) is 0.234. The Morgan fingerprint density at radius 1 is 1.00 bits per heavy atom. The van der Waals surface area contributed by atoms with E-state index < -0.39 is 0 Å². The van der Waals surface area contributed by atoms with E-state index in [2.05, 4.69) is 33.7 Å². The molecule has 1 saturated heterocycles. The van der Waals surface area contributed by atoms with Gasteiger partial charge in [-0.2, -0.15) is 0 Å². The van der Waals surface area contributed by atoms with Crippen LogP contribution < -0.4 is 10.6 Å². The molecule has 7 heteroatoms. The van der Waals surface area contributed by atoms with Gasteiger partial charge >= 0.3 is 6.03 Å². The molecule has 3 aliphatic heterocycles. The lowest BCUT2D eigenvalue weighted by Crippen LogP contribution is -2.47. The number of hydrogen-bond donors (Lipinski definition) is 2. The van der Waals surface area contributed by atoms with Gasteiger partial charge in [-0.25, -0.2) is 4.79 Å². The number of hydrogen-bond acceptors (Lipinski definition) is 5. The molecule has 2 amide bonds. The van der Waals surface area contributed by atoms with Gasteiger partial charge in [0.15, 0.2) is 5.78 Å². The first-order valence-electron chi connectivity index (χ1n) is 11.6. The van der Waals surface area contributed by atoms with Crippen LogP contribution in [0.3, 0.4) is 0 Å². The zero-order valence-corrected chi connectivity index (χ0v) is 18.8. The SMILES string of the molecule is O=C(CN1CCOCC1)C1CC(c2ccc(NC(=O)N3Cc4ccccc4C3)cc2)=CCN1. The van der Waals surface area contributed by atoms with E-state index in [-0.39, 0.29) is 17.9 Å². The van der Waals surface area contributed by atoms with Crippen molar-refractivity contribution in [1.82, 2.24) is 15.1 Å². The Balaban J connectivity index is 1.16. The third-order valence-corrected chi connectivity index (χ3v) is 6.64. The van der Waals surface area contributed by atoms with Crippen LogP contribution in [0.15, 0.2) is 54.6 Å². The lowest BCUT2D eigenvalue weighted by molar-refractivity contribution is -0.123. The molecule has 5 rings (SSSR count). The topological polar surface area (TPSA) is 73.9 Å². The van der Waals surface area contributed by atoms with Crippen LogP contribution in [0.1, 0.15) is 23.1 Å². The summed E-state index contributed by atoms with van der Waals surface area (Å²) in [4.78, 5) is 29.5. The van der Waals surface area contributed by atoms with Gasteiger partial charge in [0.05, 0.1) is 25.8 Å². The average Bonchev–Trinajstić information content (AvgIpc) is 3.30. The van der Waals surface area contributed by atoms with Crippen molar-refractivity contribution in [3.8, 4) is 0 Å². The van der Waals surface area contributed by atoms with Gasteiger partial charge in [-0.1, -0.05) is 42.5 Å². The number of rotatable bonds is 5. The Labute approximate surface area is 194 Å². The average molecular weight is 447 g/mol. The number of carbonyl (C=O) groups excluding carboxylic acids is 2. The smallest absolute Gasteiger partial charge is 0.322 e. The van der Waals surface area contributed by atoms with Gasteiger partial charge in [0.25, 0.3) is 0 Å². The second kappa shape index (κ2) is 9.87. The molecule has 7 nitrogen and oxygen atoms in total. The van der Waals surface area contributed by atoms with Crippen molar-refractivity contribution >= 4 is 23.1 Å². The van der Waals surface area contributed by atoms with Crippen molar-refractivity contribution in [2.45, 2.75) is 25.6 Å². The van der Waals surface area contributed by atoms with E-state index in [1.165, 1.54) is 16.7 Å². The van der Waals surface area contributed by atoms with Crippen molar-refractivity contribution in [2.24, 2.45) is 0 Å². The maximum atomic E-state index is 12.8. The molecule has 2 N–H and O–H groups in total. The van der Waals surface area contributed by atoms with E-state index in [1.807, 2.05) is 41.3 Å². The maximum absolute atomic E-state index is 12.8. The molecule has 1 unspecified atom stereocenters. The molecule has 0 saturated carbocycles. The molecule has 172 valence electrons. The number of ether oxygens (including phenoxy) is 1. The second-order valence-corrected chi connectivity index (χ2v) is 8.88. The normalized spacial score (nSPS) is 20.8. The fraction of sp³-hybridized carbons (Fsp3) is 0.385. The van der Waals surface area contributed by atoms with Crippen molar-refractivity contribution in [1.29, 1.82) is 0 Å². The predicted molar refractivity (Wildman–Crippen MR) is 128 cm³/mol. The second-order valence-electron chi connectivity index (χ2n) is 8.88. The Morgan fingerprint density at radius 3 is 2.39 bits per heavy atom. The van der Waals surface area contributed by atoms with E-state index in [9.17, 15) is 9.59 Å². The van der Waals surface area contributed by atoms with Crippen molar-refractivity contribution in [3.05, 3.63) is 71.3 Å². The fourth-order valence-electron chi connectivity index (χ4n) is 4.70. The number of carbonyl (C=O) groups is 2. The minimum atomic E-state index is -0.163. The van der Waals surface area contributed by atoms with Crippen LogP contribution in [-0.4, -0.2) is 67.0 Å². The highest BCUT2D eigenvalue weighted by Crippen LogP contribution is 2.26. The maximum Gasteiger partial charge on any atom is 0.322 e. The largest absolute Gasteiger partial charge is 0.379 e. The van der Waals surface area contributed by atoms with E-state index in [4.69, 9.17) is 4.74 Å². The highest BCUT2D eigenvalue weighted by Gasteiger charge is 2.26. The number of anilines is 1. The number of ketones is 1. The first-order valence-corrected chi connectivity index (χ1v) is 11.6. The zero-order valence-electron chi connectivity index (χ0n) is 18.8. The number of fused-ring (bicyclic) bond motifs is 1. The van der Waals surface area contributed by atoms with Gasteiger partial charge in [0.2, 0.25) is 0 Å². The number of nitrogens with zero attached hydrogens (tertiary/aromatic N) is 2. The van der Waals surface area contributed by atoms with Gasteiger partial charge in [-0.05, 0) is 40.8 Å². The quantitative estimate of drug-likeness (QED) is 0.739. The molecular formula is C26H30N4O3. The summed E-state index contributed by atoms with van der Waals surface area (Å²) in [6.07, 6.45) is 2.83. The molecular weight excluding hydrogens is 416 g/mol. The molecule has 33 heavy (non-hydrogen) atoms. The summed E-state index contributed by atoms with van der Waals surface area (Å²) in [5, 5.41) is 6.34. The van der Waals surface area contributed by atoms with Gasteiger partial charge < -0.3 is 20.3 Å². The Bertz CT molecular complexity index is 1020. The van der Waals surface area contributed by atoms with Crippen LogP contribution in [0.2, 0.25) is 0 Å². The van der Waals surface area contributed by atoms with Crippen LogP contribution in [0, 0.1) is 0 Å². The van der Waals surface area contributed by atoms with Crippen molar-refractivity contribution in [2.75, 3.05) is 44.7 Å². The number of benzene rings is 2. The molecule has 0 radical (unpaired) electrons.